The lowest BCUT2D eigenvalue weighted by Gasteiger charge is -2.29. The maximum absolute atomic E-state index is 13.8. The van der Waals surface area contributed by atoms with Crippen molar-refractivity contribution in [1.29, 1.82) is 0 Å². The largest absolute Gasteiger partial charge is 0.308 e. The van der Waals surface area contributed by atoms with Crippen molar-refractivity contribution in [3.63, 3.8) is 0 Å². The topological polar surface area (TPSA) is 82.1 Å². The zero-order chi connectivity index (χ0) is 21.5. The Morgan fingerprint density at radius 1 is 1.10 bits per heavy atom. The standard InChI is InChI=1S/C22H22N4O3S/c1-14-8-7-11-18-19(14)25(13-12-17-9-5-4-6-10-17)20(29)22(18)26(16(3)28)24-21(30-22)23-15(2)27/h4-11H,12-13H2,1-3H3,(H,23,24,27). The number of amides is 3. The van der Waals surface area contributed by atoms with Crippen molar-refractivity contribution in [3.8, 4) is 0 Å². The summed E-state index contributed by atoms with van der Waals surface area (Å²) < 4.78 is 0. The van der Waals surface area contributed by atoms with E-state index >= 15 is 0 Å². The number of amidine groups is 1. The molecule has 1 N–H and O–H groups in total. The molecule has 2 aromatic carbocycles. The van der Waals surface area contributed by atoms with Gasteiger partial charge in [0, 0.05) is 26.0 Å². The van der Waals surface area contributed by atoms with Crippen LogP contribution in [0.15, 0.2) is 53.6 Å². The lowest BCUT2D eigenvalue weighted by atomic mass is 10.0. The van der Waals surface area contributed by atoms with Crippen LogP contribution in [0.4, 0.5) is 5.69 Å². The maximum atomic E-state index is 13.8. The van der Waals surface area contributed by atoms with Gasteiger partial charge in [-0.2, -0.15) is 5.01 Å². The van der Waals surface area contributed by atoms with Gasteiger partial charge in [-0.1, -0.05) is 48.5 Å². The van der Waals surface area contributed by atoms with Gasteiger partial charge in [-0.25, -0.2) is 0 Å². The Labute approximate surface area is 179 Å². The zero-order valence-corrected chi connectivity index (χ0v) is 17.8. The number of aryl methyl sites for hydroxylation is 1. The quantitative estimate of drug-likeness (QED) is 0.825. The summed E-state index contributed by atoms with van der Waals surface area (Å²) in [4.78, 5) is 38.3. The van der Waals surface area contributed by atoms with Gasteiger partial charge in [-0.05, 0) is 36.2 Å². The van der Waals surface area contributed by atoms with Crippen LogP contribution < -0.4 is 10.2 Å². The van der Waals surface area contributed by atoms with Crippen LogP contribution in [0.1, 0.15) is 30.5 Å². The molecule has 0 fully saturated rings. The highest BCUT2D eigenvalue weighted by Crippen LogP contribution is 2.55. The number of thioether (sulfide) groups is 1. The monoisotopic (exact) mass is 422 g/mol. The van der Waals surface area contributed by atoms with Crippen molar-refractivity contribution in [1.82, 2.24) is 10.3 Å². The lowest BCUT2D eigenvalue weighted by Crippen LogP contribution is -2.49. The van der Waals surface area contributed by atoms with E-state index in [1.807, 2.05) is 55.5 Å². The highest BCUT2D eigenvalue weighted by atomic mass is 32.2. The number of hydrogen-bond donors (Lipinski definition) is 1. The van der Waals surface area contributed by atoms with Crippen LogP contribution in [0.3, 0.4) is 0 Å². The van der Waals surface area contributed by atoms with E-state index in [4.69, 9.17) is 0 Å². The molecule has 4 rings (SSSR count). The van der Waals surface area contributed by atoms with Gasteiger partial charge in [-0.3, -0.25) is 14.4 Å². The molecule has 1 atom stereocenters. The third-order valence-corrected chi connectivity index (χ3v) is 6.43. The molecule has 2 aromatic rings. The molecule has 2 aliphatic rings. The first-order chi connectivity index (χ1) is 14.3. The Morgan fingerprint density at radius 3 is 2.50 bits per heavy atom. The average molecular weight is 423 g/mol. The van der Waals surface area contributed by atoms with Gasteiger partial charge in [-0.15, -0.1) is 5.10 Å². The molecule has 7 nitrogen and oxygen atoms in total. The molecule has 0 saturated carbocycles. The third kappa shape index (κ3) is 3.17. The molecule has 8 heteroatoms. The number of anilines is 1. The lowest BCUT2D eigenvalue weighted by molar-refractivity contribution is -0.139. The smallest absolute Gasteiger partial charge is 0.270 e. The number of rotatable bonds is 3. The van der Waals surface area contributed by atoms with Gasteiger partial charge < -0.3 is 10.2 Å². The number of fused-ring (bicyclic) bond motifs is 2. The fourth-order valence-electron chi connectivity index (χ4n) is 3.95. The minimum atomic E-state index is -1.35. The van der Waals surface area contributed by atoms with Gasteiger partial charge >= 0.3 is 0 Å². The molecule has 0 radical (unpaired) electrons. The van der Waals surface area contributed by atoms with Crippen LogP contribution >= 0.6 is 11.8 Å². The van der Waals surface area contributed by atoms with E-state index in [9.17, 15) is 14.4 Å². The summed E-state index contributed by atoms with van der Waals surface area (Å²) in [7, 11) is 0. The van der Waals surface area contributed by atoms with E-state index in [1.165, 1.54) is 18.9 Å². The number of carbonyl (C=O) groups is 3. The van der Waals surface area contributed by atoms with Crippen molar-refractivity contribution in [2.75, 3.05) is 11.4 Å². The molecule has 1 unspecified atom stereocenters. The normalized spacial score (nSPS) is 19.8. The van der Waals surface area contributed by atoms with Crippen molar-refractivity contribution in [2.24, 2.45) is 5.10 Å². The third-order valence-electron chi connectivity index (χ3n) is 5.19. The molecule has 1 spiro atoms. The highest BCUT2D eigenvalue weighted by molar-refractivity contribution is 8.15. The van der Waals surface area contributed by atoms with Crippen LogP contribution in [0.2, 0.25) is 0 Å². The molecular weight excluding hydrogens is 400 g/mol. The predicted molar refractivity (Wildman–Crippen MR) is 117 cm³/mol. The van der Waals surface area contributed by atoms with Gasteiger partial charge in [0.15, 0.2) is 5.17 Å². The maximum Gasteiger partial charge on any atom is 0.270 e. The fraction of sp³-hybridized carbons (Fsp3) is 0.273. The van der Waals surface area contributed by atoms with Crippen molar-refractivity contribution in [3.05, 3.63) is 65.2 Å². The first-order valence-electron chi connectivity index (χ1n) is 9.66. The average Bonchev–Trinajstić information content (AvgIpc) is 3.19. The molecule has 30 heavy (non-hydrogen) atoms. The van der Waals surface area contributed by atoms with E-state index in [0.29, 0.717) is 18.5 Å². The SMILES string of the molecule is CC(=O)NC1=NN(C(C)=O)C2(S1)C(=O)N(CCc1ccccc1)c1c(C)cccc12. The number of para-hydroxylation sites is 1. The minimum absolute atomic E-state index is 0.230. The zero-order valence-electron chi connectivity index (χ0n) is 17.0. The summed E-state index contributed by atoms with van der Waals surface area (Å²) >= 11 is 1.10. The number of carbonyl (C=O) groups excluding carboxylic acids is 3. The van der Waals surface area contributed by atoms with Crippen molar-refractivity contribution < 1.29 is 14.4 Å². The number of nitrogens with one attached hydrogen (secondary N) is 1. The number of nitrogens with zero attached hydrogens (tertiary/aromatic N) is 3. The van der Waals surface area contributed by atoms with Crippen LogP contribution in [-0.4, -0.2) is 34.4 Å². The van der Waals surface area contributed by atoms with Crippen molar-refractivity contribution >= 4 is 40.3 Å². The Balaban J connectivity index is 1.76. The van der Waals surface area contributed by atoms with Gasteiger partial charge in [0.05, 0.1) is 5.69 Å². The second kappa shape index (κ2) is 7.60. The Morgan fingerprint density at radius 2 is 1.83 bits per heavy atom. The first-order valence-corrected chi connectivity index (χ1v) is 10.5. The van der Waals surface area contributed by atoms with Crippen molar-refractivity contribution in [2.45, 2.75) is 32.1 Å². The molecule has 0 aliphatic carbocycles. The van der Waals surface area contributed by atoms with Gasteiger partial charge in [0.25, 0.3) is 5.91 Å². The summed E-state index contributed by atoms with van der Waals surface area (Å²) in [6.07, 6.45) is 0.681. The number of hydrogen-bond acceptors (Lipinski definition) is 5. The second-order valence-electron chi connectivity index (χ2n) is 7.33. The molecular formula is C22H22N4O3S. The first kappa shape index (κ1) is 20.2. The molecule has 0 aromatic heterocycles. The second-order valence-corrected chi connectivity index (χ2v) is 8.51. The van der Waals surface area contributed by atoms with E-state index in [2.05, 4.69) is 10.4 Å². The van der Waals surface area contributed by atoms with Crippen LogP contribution in [-0.2, 0) is 25.7 Å². The van der Waals surface area contributed by atoms with Gasteiger partial charge in [0.1, 0.15) is 0 Å². The Bertz CT molecular complexity index is 1070. The molecule has 0 bridgehead atoms. The Kier molecular flexibility index (Phi) is 5.11. The number of benzene rings is 2. The van der Waals surface area contributed by atoms with E-state index in [0.717, 1.165) is 28.6 Å². The van der Waals surface area contributed by atoms with Crippen LogP contribution in [0.5, 0.6) is 0 Å². The summed E-state index contributed by atoms with van der Waals surface area (Å²) in [5, 5.41) is 8.34. The van der Waals surface area contributed by atoms with E-state index in [1.54, 1.807) is 4.90 Å². The van der Waals surface area contributed by atoms with E-state index < -0.39 is 4.87 Å². The molecule has 3 amide bonds. The van der Waals surface area contributed by atoms with Gasteiger partial charge in [0.2, 0.25) is 16.7 Å². The minimum Gasteiger partial charge on any atom is -0.308 e. The number of hydrazone groups is 1. The molecule has 2 heterocycles. The summed E-state index contributed by atoms with van der Waals surface area (Å²) in [6, 6.07) is 15.6. The fourth-order valence-corrected chi connectivity index (χ4v) is 5.28. The van der Waals surface area contributed by atoms with E-state index in [-0.39, 0.29) is 22.9 Å². The molecule has 2 aliphatic heterocycles. The summed E-state index contributed by atoms with van der Waals surface area (Å²) in [5.74, 6) is -0.904. The van der Waals surface area contributed by atoms with Crippen LogP contribution in [0, 0.1) is 6.92 Å². The predicted octanol–water partition coefficient (Wildman–Crippen LogP) is 2.74. The molecule has 0 saturated heterocycles. The highest BCUT2D eigenvalue weighted by Gasteiger charge is 2.61. The Hall–Kier alpha value is -3.13. The molecule has 154 valence electrons. The summed E-state index contributed by atoms with van der Waals surface area (Å²) in [5.41, 5.74) is 3.59. The van der Waals surface area contributed by atoms with Crippen LogP contribution in [0.25, 0.3) is 0 Å². The summed E-state index contributed by atoms with van der Waals surface area (Å²) in [6.45, 7) is 5.17.